The second-order valence-corrected chi connectivity index (χ2v) is 4.57. The van der Waals surface area contributed by atoms with E-state index in [9.17, 15) is 0 Å². The fraction of sp³-hybridized carbons (Fsp3) is 0.667. The molecule has 0 fully saturated rings. The van der Waals surface area contributed by atoms with Crippen LogP contribution in [0.25, 0.3) is 0 Å². The fourth-order valence-electron chi connectivity index (χ4n) is 1.47. The van der Waals surface area contributed by atoms with Crippen LogP contribution in [0.15, 0.2) is 4.47 Å². The van der Waals surface area contributed by atoms with Crippen molar-refractivity contribution in [2.24, 2.45) is 0 Å². The van der Waals surface area contributed by atoms with Crippen LogP contribution in [-0.2, 0) is 12.8 Å². The first kappa shape index (κ1) is 13.4. The van der Waals surface area contributed by atoms with Crippen LogP contribution in [0, 0.1) is 0 Å². The molecular formula is C12H20BrN3. The molecule has 0 radical (unpaired) electrons. The Hall–Kier alpha value is -0.640. The van der Waals surface area contributed by atoms with E-state index >= 15 is 0 Å². The minimum atomic E-state index is 0.931. The summed E-state index contributed by atoms with van der Waals surface area (Å²) < 4.78 is 1.02. The summed E-state index contributed by atoms with van der Waals surface area (Å²) in [6.07, 6.45) is 4.06. The van der Waals surface area contributed by atoms with Crippen LogP contribution in [-0.4, -0.2) is 16.5 Å². The summed E-state index contributed by atoms with van der Waals surface area (Å²) in [6.45, 7) is 7.36. The first-order chi connectivity index (χ1) is 7.72. The molecule has 0 aliphatic heterocycles. The molecule has 1 heterocycles. The molecule has 0 aromatic carbocycles. The Labute approximate surface area is 106 Å². The van der Waals surface area contributed by atoms with E-state index in [-0.39, 0.29) is 0 Å². The third kappa shape index (κ3) is 3.44. The lowest BCUT2D eigenvalue weighted by molar-refractivity contribution is 0.807. The molecule has 16 heavy (non-hydrogen) atoms. The van der Waals surface area contributed by atoms with Gasteiger partial charge in [0, 0.05) is 13.0 Å². The van der Waals surface area contributed by atoms with Crippen LogP contribution < -0.4 is 5.32 Å². The zero-order valence-corrected chi connectivity index (χ0v) is 11.9. The maximum atomic E-state index is 4.55. The van der Waals surface area contributed by atoms with Gasteiger partial charge in [0.05, 0.1) is 10.2 Å². The summed E-state index contributed by atoms with van der Waals surface area (Å²) >= 11 is 3.57. The van der Waals surface area contributed by atoms with Gasteiger partial charge >= 0.3 is 0 Å². The largest absolute Gasteiger partial charge is 0.369 e. The van der Waals surface area contributed by atoms with E-state index in [4.69, 9.17) is 0 Å². The Morgan fingerprint density at radius 1 is 1.12 bits per heavy atom. The molecule has 0 amide bonds. The Morgan fingerprint density at radius 3 is 2.44 bits per heavy atom. The molecule has 1 aromatic rings. The van der Waals surface area contributed by atoms with Crippen LogP contribution in [0.4, 0.5) is 5.82 Å². The maximum absolute atomic E-state index is 4.55. The predicted octanol–water partition coefficient (Wildman–Crippen LogP) is 3.58. The lowest BCUT2D eigenvalue weighted by atomic mass is 10.2. The Bertz CT molecular complexity index is 339. The minimum absolute atomic E-state index is 0.931. The van der Waals surface area contributed by atoms with Crippen molar-refractivity contribution in [2.75, 3.05) is 11.9 Å². The number of hydrogen-bond acceptors (Lipinski definition) is 3. The van der Waals surface area contributed by atoms with Crippen LogP contribution >= 0.6 is 15.9 Å². The lowest BCUT2D eigenvalue weighted by Crippen LogP contribution is -2.08. The Kier molecular flexibility index (Phi) is 5.74. The summed E-state index contributed by atoms with van der Waals surface area (Å²) in [4.78, 5) is 9.09. The molecule has 90 valence electrons. The molecule has 0 saturated carbocycles. The second-order valence-electron chi connectivity index (χ2n) is 3.78. The predicted molar refractivity (Wildman–Crippen MR) is 71.9 cm³/mol. The van der Waals surface area contributed by atoms with E-state index < -0.39 is 0 Å². The van der Waals surface area contributed by atoms with Gasteiger partial charge in [-0.25, -0.2) is 9.97 Å². The number of hydrogen-bond donors (Lipinski definition) is 1. The topological polar surface area (TPSA) is 37.8 Å². The second kappa shape index (κ2) is 6.84. The molecule has 0 aliphatic rings. The average molecular weight is 286 g/mol. The van der Waals surface area contributed by atoms with Crippen molar-refractivity contribution in [3.8, 4) is 0 Å². The molecule has 1 N–H and O–H groups in total. The molecule has 4 heteroatoms. The summed E-state index contributed by atoms with van der Waals surface area (Å²) in [5, 5.41) is 3.34. The summed E-state index contributed by atoms with van der Waals surface area (Å²) in [5.74, 6) is 1.89. The van der Waals surface area contributed by atoms with Crippen molar-refractivity contribution >= 4 is 21.7 Å². The summed E-state index contributed by atoms with van der Waals surface area (Å²) in [7, 11) is 0. The van der Waals surface area contributed by atoms with E-state index in [1.54, 1.807) is 0 Å². The number of aryl methyl sites for hydroxylation is 2. The zero-order chi connectivity index (χ0) is 12.0. The van der Waals surface area contributed by atoms with Gasteiger partial charge < -0.3 is 5.32 Å². The first-order valence-corrected chi connectivity index (χ1v) is 6.81. The number of rotatable bonds is 6. The van der Waals surface area contributed by atoms with Gasteiger partial charge in [-0.3, -0.25) is 0 Å². The smallest absolute Gasteiger partial charge is 0.144 e. The van der Waals surface area contributed by atoms with E-state index in [1.165, 1.54) is 0 Å². The highest BCUT2D eigenvalue weighted by Crippen LogP contribution is 2.24. The molecule has 0 bridgehead atoms. The Balaban J connectivity index is 2.98. The molecule has 0 spiro atoms. The highest BCUT2D eigenvalue weighted by Gasteiger charge is 2.09. The van der Waals surface area contributed by atoms with Gasteiger partial charge in [-0.05, 0) is 35.2 Å². The van der Waals surface area contributed by atoms with Crippen LogP contribution in [0.3, 0.4) is 0 Å². The molecule has 1 aromatic heterocycles. The molecule has 1 rings (SSSR count). The van der Waals surface area contributed by atoms with Gasteiger partial charge in [-0.2, -0.15) is 0 Å². The number of nitrogens with one attached hydrogen (secondary N) is 1. The van der Waals surface area contributed by atoms with Crippen molar-refractivity contribution in [2.45, 2.75) is 46.5 Å². The van der Waals surface area contributed by atoms with Crippen molar-refractivity contribution in [3.63, 3.8) is 0 Å². The van der Waals surface area contributed by atoms with Crippen molar-refractivity contribution in [1.82, 2.24) is 9.97 Å². The molecule has 0 aliphatic carbocycles. The lowest BCUT2D eigenvalue weighted by Gasteiger charge is -2.11. The van der Waals surface area contributed by atoms with E-state index in [0.29, 0.717) is 0 Å². The number of halogens is 1. The van der Waals surface area contributed by atoms with Crippen LogP contribution in [0.1, 0.15) is 45.1 Å². The third-order valence-electron chi connectivity index (χ3n) is 2.32. The fourth-order valence-corrected chi connectivity index (χ4v) is 2.07. The van der Waals surface area contributed by atoms with Gasteiger partial charge in [0.1, 0.15) is 11.6 Å². The average Bonchev–Trinajstić information content (AvgIpc) is 2.29. The minimum Gasteiger partial charge on any atom is -0.369 e. The first-order valence-electron chi connectivity index (χ1n) is 6.02. The van der Waals surface area contributed by atoms with Gasteiger partial charge in [0.2, 0.25) is 0 Å². The molecule has 3 nitrogen and oxygen atoms in total. The molecule has 0 unspecified atom stereocenters. The van der Waals surface area contributed by atoms with Gasteiger partial charge in [-0.15, -0.1) is 0 Å². The van der Waals surface area contributed by atoms with Crippen molar-refractivity contribution in [1.29, 1.82) is 0 Å². The SMILES string of the molecule is CCCNc1nc(CCC)nc(CC)c1Br. The standard InChI is InChI=1S/C12H20BrN3/c1-4-7-10-15-9(6-3)11(13)12(16-10)14-8-5-2/h4-8H2,1-3H3,(H,14,15,16). The van der Waals surface area contributed by atoms with Gasteiger partial charge in [0.25, 0.3) is 0 Å². The van der Waals surface area contributed by atoms with Gasteiger partial charge in [0.15, 0.2) is 0 Å². The monoisotopic (exact) mass is 285 g/mol. The highest BCUT2D eigenvalue weighted by atomic mass is 79.9. The van der Waals surface area contributed by atoms with Crippen molar-refractivity contribution in [3.05, 3.63) is 16.0 Å². The quantitative estimate of drug-likeness (QED) is 0.868. The number of aromatic nitrogens is 2. The highest BCUT2D eigenvalue weighted by molar-refractivity contribution is 9.10. The van der Waals surface area contributed by atoms with Crippen molar-refractivity contribution < 1.29 is 0 Å². The molecule has 0 atom stereocenters. The van der Waals surface area contributed by atoms with E-state index in [0.717, 1.165) is 54.0 Å². The van der Waals surface area contributed by atoms with E-state index in [1.807, 2.05) is 0 Å². The zero-order valence-electron chi connectivity index (χ0n) is 10.3. The van der Waals surface area contributed by atoms with Crippen LogP contribution in [0.2, 0.25) is 0 Å². The number of nitrogens with zero attached hydrogens (tertiary/aromatic N) is 2. The molecule has 0 saturated heterocycles. The maximum Gasteiger partial charge on any atom is 0.144 e. The third-order valence-corrected chi connectivity index (χ3v) is 3.15. The normalized spacial score (nSPS) is 10.5. The number of anilines is 1. The summed E-state index contributed by atoms with van der Waals surface area (Å²) in [5.41, 5.74) is 1.09. The van der Waals surface area contributed by atoms with E-state index in [2.05, 4.69) is 52.0 Å². The van der Waals surface area contributed by atoms with Gasteiger partial charge in [-0.1, -0.05) is 20.8 Å². The molecular weight excluding hydrogens is 266 g/mol. The summed E-state index contributed by atoms with van der Waals surface area (Å²) in [6, 6.07) is 0. The van der Waals surface area contributed by atoms with Crippen LogP contribution in [0.5, 0.6) is 0 Å². The Morgan fingerprint density at radius 2 is 1.88 bits per heavy atom.